The summed E-state index contributed by atoms with van der Waals surface area (Å²) in [7, 11) is 0. The van der Waals surface area contributed by atoms with Crippen LogP contribution < -0.4 is 11.1 Å². The molecule has 0 radical (unpaired) electrons. The van der Waals surface area contributed by atoms with Gasteiger partial charge in [-0.1, -0.05) is 12.1 Å². The van der Waals surface area contributed by atoms with Gasteiger partial charge in [-0.05, 0) is 54.4 Å². The van der Waals surface area contributed by atoms with Crippen molar-refractivity contribution in [3.05, 3.63) is 41.5 Å². The largest absolute Gasteiger partial charge is 0.354 e. The van der Waals surface area contributed by atoms with Crippen LogP contribution in [0.15, 0.2) is 24.3 Å². The van der Waals surface area contributed by atoms with Crippen LogP contribution >= 0.6 is 12.4 Å². The van der Waals surface area contributed by atoms with Gasteiger partial charge in [0.1, 0.15) is 17.7 Å². The maximum atomic E-state index is 13.0. The molecule has 24 heavy (non-hydrogen) atoms. The summed E-state index contributed by atoms with van der Waals surface area (Å²) in [5, 5.41) is 14.2. The Morgan fingerprint density at radius 2 is 2.04 bits per heavy atom. The molecule has 1 aromatic heterocycles. The number of carbonyl (C=O) groups excluding carboxylic acids is 1. The van der Waals surface area contributed by atoms with Crippen molar-refractivity contribution in [3.63, 3.8) is 0 Å². The van der Waals surface area contributed by atoms with Crippen molar-refractivity contribution in [3.8, 4) is 0 Å². The number of unbranched alkanes of at least 4 members (excludes halogenated alkanes) is 1. The van der Waals surface area contributed by atoms with Crippen molar-refractivity contribution in [1.29, 1.82) is 0 Å². The Kier molecular flexibility index (Phi) is 8.28. The summed E-state index contributed by atoms with van der Waals surface area (Å²) in [5.74, 6) is 0.0751. The van der Waals surface area contributed by atoms with E-state index >= 15 is 0 Å². The van der Waals surface area contributed by atoms with Gasteiger partial charge in [0.25, 0.3) is 0 Å². The number of nitrogens with one attached hydrogen (secondary N) is 1. The fourth-order valence-electron chi connectivity index (χ4n) is 2.26. The second-order valence-corrected chi connectivity index (χ2v) is 5.30. The van der Waals surface area contributed by atoms with Gasteiger partial charge >= 0.3 is 0 Å². The van der Waals surface area contributed by atoms with Crippen LogP contribution in [0.5, 0.6) is 0 Å². The van der Waals surface area contributed by atoms with E-state index in [0.717, 1.165) is 18.4 Å². The first-order chi connectivity index (χ1) is 11.1. The van der Waals surface area contributed by atoms with Gasteiger partial charge in [-0.15, -0.1) is 17.5 Å². The molecule has 0 aliphatic heterocycles. The summed E-state index contributed by atoms with van der Waals surface area (Å²) < 4.78 is 14.5. The van der Waals surface area contributed by atoms with Crippen LogP contribution in [0.1, 0.15) is 30.3 Å². The summed E-state index contributed by atoms with van der Waals surface area (Å²) in [6, 6.07) is 5.48. The number of nitrogens with two attached hydrogens (primary N) is 1. The van der Waals surface area contributed by atoms with Crippen LogP contribution in [0.25, 0.3) is 0 Å². The van der Waals surface area contributed by atoms with E-state index in [2.05, 4.69) is 20.8 Å². The van der Waals surface area contributed by atoms with Crippen LogP contribution in [-0.2, 0) is 11.2 Å². The number of tetrazole rings is 1. The molecule has 0 saturated carbocycles. The number of carbonyl (C=O) groups is 1. The van der Waals surface area contributed by atoms with E-state index in [9.17, 15) is 9.18 Å². The zero-order valence-corrected chi connectivity index (χ0v) is 14.3. The van der Waals surface area contributed by atoms with Gasteiger partial charge in [0.2, 0.25) is 5.91 Å². The van der Waals surface area contributed by atoms with Crippen molar-refractivity contribution >= 4 is 18.3 Å². The zero-order valence-electron chi connectivity index (χ0n) is 13.5. The minimum absolute atomic E-state index is 0. The highest BCUT2D eigenvalue weighted by Crippen LogP contribution is 2.15. The number of hydrogen-bond donors (Lipinski definition) is 2. The molecule has 132 valence electrons. The molecule has 3 N–H and O–H groups in total. The van der Waals surface area contributed by atoms with Gasteiger partial charge < -0.3 is 11.1 Å². The lowest BCUT2D eigenvalue weighted by atomic mass is 10.1. The van der Waals surface area contributed by atoms with Gasteiger partial charge in [-0.3, -0.25) is 4.79 Å². The Morgan fingerprint density at radius 1 is 1.33 bits per heavy atom. The molecule has 0 aliphatic rings. The second kappa shape index (κ2) is 9.94. The van der Waals surface area contributed by atoms with E-state index in [-0.39, 0.29) is 24.1 Å². The molecule has 0 aliphatic carbocycles. The molecule has 2 aromatic rings. The van der Waals surface area contributed by atoms with Crippen molar-refractivity contribution in [2.75, 3.05) is 13.1 Å². The molecule has 1 heterocycles. The molecule has 9 heteroatoms. The molecule has 1 amide bonds. The third-order valence-electron chi connectivity index (χ3n) is 3.53. The number of aromatic nitrogens is 4. The van der Waals surface area contributed by atoms with Crippen LogP contribution in [-0.4, -0.2) is 39.2 Å². The average molecular weight is 357 g/mol. The predicted octanol–water partition coefficient (Wildman–Crippen LogP) is 1.18. The first-order valence-corrected chi connectivity index (χ1v) is 7.58. The third kappa shape index (κ3) is 5.54. The van der Waals surface area contributed by atoms with E-state index < -0.39 is 6.04 Å². The van der Waals surface area contributed by atoms with Gasteiger partial charge in [0, 0.05) is 13.0 Å². The number of amides is 1. The normalized spacial score (nSPS) is 11.6. The fraction of sp³-hybridized carbons (Fsp3) is 0.467. The van der Waals surface area contributed by atoms with Crippen LogP contribution in [0, 0.1) is 12.7 Å². The lowest BCUT2D eigenvalue weighted by molar-refractivity contribution is -0.124. The monoisotopic (exact) mass is 356 g/mol. The molecule has 0 fully saturated rings. The number of aryl methyl sites for hydroxylation is 1. The predicted molar refractivity (Wildman–Crippen MR) is 90.2 cm³/mol. The van der Waals surface area contributed by atoms with E-state index in [4.69, 9.17) is 5.73 Å². The van der Waals surface area contributed by atoms with Crippen LogP contribution in [0.3, 0.4) is 0 Å². The number of benzene rings is 1. The summed E-state index contributed by atoms with van der Waals surface area (Å²) in [5.41, 5.74) is 6.28. The van der Waals surface area contributed by atoms with Crippen LogP contribution in [0.4, 0.5) is 4.39 Å². The van der Waals surface area contributed by atoms with Crippen LogP contribution in [0.2, 0.25) is 0 Å². The van der Waals surface area contributed by atoms with E-state index in [1.165, 1.54) is 16.8 Å². The number of halogens is 2. The summed E-state index contributed by atoms with van der Waals surface area (Å²) in [4.78, 5) is 12.5. The van der Waals surface area contributed by atoms with Gasteiger partial charge in [-0.25, -0.2) is 9.07 Å². The number of nitrogens with zero attached hydrogens (tertiary/aromatic N) is 4. The van der Waals surface area contributed by atoms with Crippen molar-refractivity contribution < 1.29 is 9.18 Å². The maximum Gasteiger partial charge on any atom is 0.245 e. The standard InChI is InChI=1S/C15H21FN6O.ClH/c1-11-19-20-21-22(11)14(15(23)18-9-3-2-8-17)10-12-4-6-13(16)7-5-12;/h4-7,14H,2-3,8-10,17H2,1H3,(H,18,23);1H. The highest BCUT2D eigenvalue weighted by Gasteiger charge is 2.23. The SMILES string of the molecule is Cc1nnnn1C(Cc1ccc(F)cc1)C(=O)NCCCCN.Cl. The lowest BCUT2D eigenvalue weighted by Crippen LogP contribution is -2.35. The van der Waals surface area contributed by atoms with E-state index in [1.54, 1.807) is 19.1 Å². The Morgan fingerprint density at radius 3 is 2.62 bits per heavy atom. The molecule has 2 rings (SSSR count). The summed E-state index contributed by atoms with van der Waals surface area (Å²) in [6.07, 6.45) is 2.06. The lowest BCUT2D eigenvalue weighted by Gasteiger charge is -2.17. The smallest absolute Gasteiger partial charge is 0.245 e. The topological polar surface area (TPSA) is 98.7 Å². The first kappa shape index (κ1) is 20.0. The Hall–Kier alpha value is -2.06. The molecule has 1 unspecified atom stereocenters. The zero-order chi connectivity index (χ0) is 16.7. The Labute approximate surface area is 146 Å². The van der Waals surface area contributed by atoms with Gasteiger partial charge in [0.15, 0.2) is 0 Å². The molecule has 0 spiro atoms. The first-order valence-electron chi connectivity index (χ1n) is 7.58. The maximum absolute atomic E-state index is 13.0. The highest BCUT2D eigenvalue weighted by atomic mass is 35.5. The van der Waals surface area contributed by atoms with E-state index in [1.807, 2.05) is 0 Å². The molecular formula is C15H22ClFN6O. The molecule has 7 nitrogen and oxygen atoms in total. The van der Waals surface area contributed by atoms with Gasteiger partial charge in [0.05, 0.1) is 0 Å². The summed E-state index contributed by atoms with van der Waals surface area (Å²) in [6.45, 7) is 2.89. The van der Waals surface area contributed by atoms with Crippen molar-refractivity contribution in [2.45, 2.75) is 32.2 Å². The molecule has 1 atom stereocenters. The molecule has 0 saturated heterocycles. The molecule has 0 bridgehead atoms. The number of hydrogen-bond acceptors (Lipinski definition) is 5. The van der Waals surface area contributed by atoms with Crippen molar-refractivity contribution in [1.82, 2.24) is 25.5 Å². The minimum Gasteiger partial charge on any atom is -0.354 e. The number of rotatable bonds is 8. The molecular weight excluding hydrogens is 335 g/mol. The second-order valence-electron chi connectivity index (χ2n) is 5.30. The third-order valence-corrected chi connectivity index (χ3v) is 3.53. The average Bonchev–Trinajstić information content (AvgIpc) is 2.96. The van der Waals surface area contributed by atoms with Crippen molar-refractivity contribution in [2.24, 2.45) is 5.73 Å². The molecule has 1 aromatic carbocycles. The minimum atomic E-state index is -0.576. The Balaban J connectivity index is 0.00000288. The quantitative estimate of drug-likeness (QED) is 0.692. The highest BCUT2D eigenvalue weighted by molar-refractivity contribution is 5.85. The van der Waals surface area contributed by atoms with Gasteiger partial charge in [-0.2, -0.15) is 0 Å². The fourth-order valence-corrected chi connectivity index (χ4v) is 2.26. The Bertz CT molecular complexity index is 633. The van der Waals surface area contributed by atoms with E-state index in [0.29, 0.717) is 25.3 Å². The summed E-state index contributed by atoms with van der Waals surface area (Å²) >= 11 is 0.